The molecule has 0 saturated heterocycles. The van der Waals surface area contributed by atoms with Crippen molar-refractivity contribution in [2.24, 2.45) is 0 Å². The Balaban J connectivity index is 2.22. The van der Waals surface area contributed by atoms with Gasteiger partial charge < -0.3 is 9.47 Å². The fourth-order valence-electron chi connectivity index (χ4n) is 2.78. The zero-order chi connectivity index (χ0) is 20.2. The molecule has 8 nitrogen and oxygen atoms in total. The Kier molecular flexibility index (Phi) is 6.40. The van der Waals surface area contributed by atoms with E-state index in [1.165, 1.54) is 26.4 Å². The van der Waals surface area contributed by atoms with E-state index < -0.39 is 14.9 Å². The van der Waals surface area contributed by atoms with Crippen LogP contribution in [0.25, 0.3) is 0 Å². The molecule has 0 fully saturated rings. The van der Waals surface area contributed by atoms with Crippen LogP contribution in [0.4, 0.5) is 5.69 Å². The monoisotopic (exact) mass is 394 g/mol. The molecule has 0 unspecified atom stereocenters. The molecule has 2 rings (SSSR count). The molecule has 2 aromatic carbocycles. The Hall–Kier alpha value is -2.65. The summed E-state index contributed by atoms with van der Waals surface area (Å²) in [5.74, 6) is 0.583. The number of methoxy groups -OCH3 is 2. The number of rotatable bonds is 8. The van der Waals surface area contributed by atoms with Crippen molar-refractivity contribution in [1.82, 2.24) is 4.72 Å². The number of hydrogen-bond acceptors (Lipinski definition) is 6. The van der Waals surface area contributed by atoms with Gasteiger partial charge in [0.05, 0.1) is 30.1 Å². The zero-order valence-electron chi connectivity index (χ0n) is 15.6. The summed E-state index contributed by atoms with van der Waals surface area (Å²) in [5.41, 5.74) is 1.80. The van der Waals surface area contributed by atoms with E-state index in [4.69, 9.17) is 9.47 Å². The summed E-state index contributed by atoms with van der Waals surface area (Å²) in [6, 6.07) is 7.82. The molecule has 0 aliphatic rings. The molecule has 0 radical (unpaired) electrons. The van der Waals surface area contributed by atoms with E-state index in [0.717, 1.165) is 5.56 Å². The molecule has 0 aliphatic carbocycles. The third kappa shape index (κ3) is 4.75. The lowest BCUT2D eigenvalue weighted by molar-refractivity contribution is -0.385. The van der Waals surface area contributed by atoms with Crippen molar-refractivity contribution in [2.45, 2.75) is 25.2 Å². The summed E-state index contributed by atoms with van der Waals surface area (Å²) in [7, 11) is -0.900. The Labute approximate surface area is 158 Å². The Morgan fingerprint density at radius 1 is 1.07 bits per heavy atom. The van der Waals surface area contributed by atoms with Gasteiger partial charge in [0.25, 0.3) is 5.69 Å². The second-order valence-electron chi connectivity index (χ2n) is 6.01. The minimum Gasteiger partial charge on any atom is -0.493 e. The van der Waals surface area contributed by atoms with Crippen molar-refractivity contribution in [2.75, 3.05) is 20.8 Å². The first kappa shape index (κ1) is 20.7. The van der Waals surface area contributed by atoms with Crippen LogP contribution in [0.1, 0.15) is 16.7 Å². The molecule has 0 aromatic heterocycles. The van der Waals surface area contributed by atoms with E-state index in [1.807, 2.05) is 6.92 Å². The lowest BCUT2D eigenvalue weighted by atomic mass is 10.1. The van der Waals surface area contributed by atoms with Crippen molar-refractivity contribution >= 4 is 15.7 Å². The minimum absolute atomic E-state index is 0.00593. The topological polar surface area (TPSA) is 108 Å². The number of sulfonamides is 1. The summed E-state index contributed by atoms with van der Waals surface area (Å²) in [6.07, 6.45) is 0.126. The van der Waals surface area contributed by atoms with E-state index in [1.54, 1.807) is 25.1 Å². The molecule has 0 spiro atoms. The van der Waals surface area contributed by atoms with Gasteiger partial charge in [-0.15, -0.1) is 0 Å². The van der Waals surface area contributed by atoms with Crippen LogP contribution in [0, 0.1) is 24.0 Å². The lowest BCUT2D eigenvalue weighted by Crippen LogP contribution is -2.26. The van der Waals surface area contributed by atoms with E-state index >= 15 is 0 Å². The average molecular weight is 394 g/mol. The smallest absolute Gasteiger partial charge is 0.276 e. The van der Waals surface area contributed by atoms with Crippen LogP contribution in [0.2, 0.25) is 0 Å². The maximum absolute atomic E-state index is 12.5. The van der Waals surface area contributed by atoms with Gasteiger partial charge in [-0.1, -0.05) is 17.7 Å². The molecule has 9 heteroatoms. The highest BCUT2D eigenvalue weighted by molar-refractivity contribution is 7.89. The summed E-state index contributed by atoms with van der Waals surface area (Å²) in [6.45, 7) is 3.61. The van der Waals surface area contributed by atoms with Gasteiger partial charge in [-0.3, -0.25) is 10.1 Å². The maximum Gasteiger partial charge on any atom is 0.276 e. The molecule has 0 atom stereocenters. The van der Waals surface area contributed by atoms with Crippen molar-refractivity contribution < 1.29 is 22.8 Å². The third-order valence-electron chi connectivity index (χ3n) is 4.09. The fourth-order valence-corrected chi connectivity index (χ4v) is 4.04. The van der Waals surface area contributed by atoms with E-state index in [2.05, 4.69) is 4.72 Å². The first-order valence-electron chi connectivity index (χ1n) is 8.15. The molecule has 0 bridgehead atoms. The predicted octanol–water partition coefficient (Wildman–Crippen LogP) is 2.75. The summed E-state index contributed by atoms with van der Waals surface area (Å²) in [4.78, 5) is 11.0. The molecule has 1 N–H and O–H groups in total. The van der Waals surface area contributed by atoms with Crippen molar-refractivity contribution in [3.8, 4) is 11.5 Å². The number of ether oxygens (including phenoxy) is 2. The SMILES string of the molecule is COc1cc(CCNS(=O)(=O)c2ccc(C)cc2C)c([N+](=O)[O-])cc1OC. The normalized spacial score (nSPS) is 11.3. The fraction of sp³-hybridized carbons (Fsp3) is 0.333. The Morgan fingerprint density at radius 3 is 2.26 bits per heavy atom. The van der Waals surface area contributed by atoms with Gasteiger partial charge in [0.2, 0.25) is 10.0 Å². The second kappa shape index (κ2) is 8.36. The molecule has 0 heterocycles. The number of nitro groups is 1. The van der Waals surface area contributed by atoms with Gasteiger partial charge in [0.1, 0.15) is 0 Å². The first-order valence-corrected chi connectivity index (χ1v) is 9.64. The van der Waals surface area contributed by atoms with E-state index in [0.29, 0.717) is 16.9 Å². The molecule has 2 aromatic rings. The number of benzene rings is 2. The van der Waals surface area contributed by atoms with Gasteiger partial charge in [0, 0.05) is 12.1 Å². The third-order valence-corrected chi connectivity index (χ3v) is 5.71. The maximum atomic E-state index is 12.5. The highest BCUT2D eigenvalue weighted by atomic mass is 32.2. The van der Waals surface area contributed by atoms with Gasteiger partial charge in [-0.2, -0.15) is 0 Å². The van der Waals surface area contributed by atoms with E-state index in [9.17, 15) is 18.5 Å². The average Bonchev–Trinajstić information content (AvgIpc) is 2.60. The van der Waals surface area contributed by atoms with Crippen LogP contribution in [0.5, 0.6) is 11.5 Å². The number of nitro benzene ring substituents is 1. The quantitative estimate of drug-likeness (QED) is 0.545. The minimum atomic E-state index is -3.72. The van der Waals surface area contributed by atoms with Crippen LogP contribution >= 0.6 is 0 Å². The van der Waals surface area contributed by atoms with Crippen molar-refractivity contribution in [1.29, 1.82) is 0 Å². The van der Waals surface area contributed by atoms with Crippen LogP contribution in [-0.4, -0.2) is 34.1 Å². The largest absolute Gasteiger partial charge is 0.493 e. The van der Waals surface area contributed by atoms with Crippen LogP contribution < -0.4 is 14.2 Å². The Bertz CT molecular complexity index is 957. The molecule has 0 amide bonds. The molecular weight excluding hydrogens is 372 g/mol. The van der Waals surface area contributed by atoms with Gasteiger partial charge >= 0.3 is 0 Å². The number of aryl methyl sites for hydroxylation is 2. The highest BCUT2D eigenvalue weighted by Crippen LogP contribution is 2.34. The number of nitrogens with one attached hydrogen (secondary N) is 1. The van der Waals surface area contributed by atoms with Gasteiger partial charge in [-0.25, -0.2) is 13.1 Å². The van der Waals surface area contributed by atoms with Crippen LogP contribution in [0.15, 0.2) is 35.2 Å². The lowest BCUT2D eigenvalue weighted by Gasteiger charge is -2.12. The molecule has 0 aliphatic heterocycles. The zero-order valence-corrected chi connectivity index (χ0v) is 16.4. The van der Waals surface area contributed by atoms with Crippen molar-refractivity contribution in [3.05, 3.63) is 57.1 Å². The molecule has 146 valence electrons. The Morgan fingerprint density at radius 2 is 1.70 bits per heavy atom. The number of hydrogen-bond donors (Lipinski definition) is 1. The molecule has 27 heavy (non-hydrogen) atoms. The summed E-state index contributed by atoms with van der Waals surface area (Å²) in [5, 5.41) is 11.3. The highest BCUT2D eigenvalue weighted by Gasteiger charge is 2.21. The molecule has 0 saturated carbocycles. The second-order valence-corrected chi connectivity index (χ2v) is 7.75. The number of nitrogens with zero attached hydrogens (tertiary/aromatic N) is 1. The summed E-state index contributed by atoms with van der Waals surface area (Å²) < 4.78 is 37.8. The van der Waals surface area contributed by atoms with Crippen LogP contribution in [-0.2, 0) is 16.4 Å². The standard InChI is InChI=1S/C18H22N2O6S/c1-12-5-6-18(13(2)9-12)27(23,24)19-8-7-14-10-16(25-3)17(26-4)11-15(14)20(21)22/h5-6,9-11,19H,7-8H2,1-4H3. The predicted molar refractivity (Wildman–Crippen MR) is 101 cm³/mol. The van der Waals surface area contributed by atoms with Crippen LogP contribution in [0.3, 0.4) is 0 Å². The summed E-state index contributed by atoms with van der Waals surface area (Å²) >= 11 is 0. The van der Waals surface area contributed by atoms with Crippen molar-refractivity contribution in [3.63, 3.8) is 0 Å². The van der Waals surface area contributed by atoms with Gasteiger partial charge in [-0.05, 0) is 38.0 Å². The first-order chi connectivity index (χ1) is 12.7. The van der Waals surface area contributed by atoms with E-state index in [-0.39, 0.29) is 29.3 Å². The molecular formula is C18H22N2O6S. The van der Waals surface area contributed by atoms with Gasteiger partial charge in [0.15, 0.2) is 11.5 Å².